The van der Waals surface area contributed by atoms with Crippen LogP contribution in [-0.2, 0) is 17.8 Å². The highest BCUT2D eigenvalue weighted by Crippen LogP contribution is 2.09. The van der Waals surface area contributed by atoms with Gasteiger partial charge < -0.3 is 10.8 Å². The second kappa shape index (κ2) is 5.39. The summed E-state index contributed by atoms with van der Waals surface area (Å²) in [6, 6.07) is 12.7. The Morgan fingerprint density at radius 2 is 1.84 bits per heavy atom. The molecule has 0 aliphatic carbocycles. The average Bonchev–Trinajstić information content (AvgIpc) is 2.39. The molecule has 3 N–H and O–H groups in total. The molecule has 19 heavy (non-hydrogen) atoms. The van der Waals surface area contributed by atoms with Crippen molar-refractivity contribution < 1.29 is 9.90 Å². The molecule has 0 saturated carbocycles. The monoisotopic (exact) mass is 258 g/mol. The van der Waals surface area contributed by atoms with Gasteiger partial charge >= 0.3 is 5.97 Å². The minimum absolute atomic E-state index is 0.0538. The molecule has 0 amide bonds. The fourth-order valence-corrected chi connectivity index (χ4v) is 1.90. The summed E-state index contributed by atoms with van der Waals surface area (Å²) in [5.74, 6) is -1.07. The summed E-state index contributed by atoms with van der Waals surface area (Å²) in [6.45, 7) is -0.383. The summed E-state index contributed by atoms with van der Waals surface area (Å²) < 4.78 is 1.20. The molecule has 0 aliphatic heterocycles. The molecule has 1 aromatic heterocycles. The first-order chi connectivity index (χ1) is 9.08. The summed E-state index contributed by atoms with van der Waals surface area (Å²) in [4.78, 5) is 22.7. The summed E-state index contributed by atoms with van der Waals surface area (Å²) in [5, 5.41) is 8.87. The average molecular weight is 258 g/mol. The number of nitrogens with zero attached hydrogens (tertiary/aromatic N) is 1. The van der Waals surface area contributed by atoms with Gasteiger partial charge in [0.05, 0.1) is 5.69 Å². The third kappa shape index (κ3) is 3.01. The predicted molar refractivity (Wildman–Crippen MR) is 72.0 cm³/mol. The molecule has 98 valence electrons. The predicted octanol–water partition coefficient (Wildman–Crippen LogP) is 1.11. The van der Waals surface area contributed by atoms with Crippen molar-refractivity contribution in [2.75, 3.05) is 5.73 Å². The van der Waals surface area contributed by atoms with E-state index in [2.05, 4.69) is 0 Å². The second-order valence-electron chi connectivity index (χ2n) is 4.23. The molecule has 0 saturated heterocycles. The van der Waals surface area contributed by atoms with E-state index in [9.17, 15) is 9.59 Å². The Morgan fingerprint density at radius 3 is 2.47 bits per heavy atom. The molecular formula is C14H14N2O3. The Morgan fingerprint density at radius 1 is 1.16 bits per heavy atom. The molecular weight excluding hydrogens is 244 g/mol. The molecule has 0 radical (unpaired) electrons. The van der Waals surface area contributed by atoms with Crippen LogP contribution in [0.1, 0.15) is 11.3 Å². The zero-order valence-electron chi connectivity index (χ0n) is 10.2. The van der Waals surface area contributed by atoms with Crippen LogP contribution in [0.3, 0.4) is 0 Å². The number of nitrogen functional groups attached to an aromatic ring is 1. The van der Waals surface area contributed by atoms with Crippen LogP contribution < -0.4 is 11.3 Å². The SMILES string of the molecule is Nc1ccc(Cc2ccccc2)n(CC(=O)O)c1=O. The van der Waals surface area contributed by atoms with Gasteiger partial charge in [-0.15, -0.1) is 0 Å². The van der Waals surface area contributed by atoms with Crippen molar-refractivity contribution in [2.45, 2.75) is 13.0 Å². The maximum atomic E-state index is 11.9. The normalized spacial score (nSPS) is 10.3. The number of aromatic nitrogens is 1. The lowest BCUT2D eigenvalue weighted by Gasteiger charge is -2.11. The number of nitrogens with two attached hydrogens (primary N) is 1. The van der Waals surface area contributed by atoms with Crippen LogP contribution in [-0.4, -0.2) is 15.6 Å². The van der Waals surface area contributed by atoms with Gasteiger partial charge in [0.1, 0.15) is 6.54 Å². The lowest BCUT2D eigenvalue weighted by Crippen LogP contribution is -2.28. The van der Waals surface area contributed by atoms with E-state index < -0.39 is 11.5 Å². The van der Waals surface area contributed by atoms with Gasteiger partial charge in [-0.1, -0.05) is 30.3 Å². The van der Waals surface area contributed by atoms with Crippen LogP contribution in [0, 0.1) is 0 Å². The van der Waals surface area contributed by atoms with E-state index in [1.54, 1.807) is 6.07 Å². The van der Waals surface area contributed by atoms with Crippen molar-refractivity contribution in [1.82, 2.24) is 4.57 Å². The molecule has 5 nitrogen and oxygen atoms in total. The minimum atomic E-state index is -1.07. The van der Waals surface area contributed by atoms with Crippen molar-refractivity contribution in [3.63, 3.8) is 0 Å². The number of carboxylic acids is 1. The van der Waals surface area contributed by atoms with Crippen molar-refractivity contribution in [2.24, 2.45) is 0 Å². The van der Waals surface area contributed by atoms with Crippen molar-refractivity contribution in [1.29, 1.82) is 0 Å². The summed E-state index contributed by atoms with van der Waals surface area (Å²) >= 11 is 0. The second-order valence-corrected chi connectivity index (χ2v) is 4.23. The zero-order valence-corrected chi connectivity index (χ0v) is 10.2. The Balaban J connectivity index is 2.42. The molecule has 2 aromatic rings. The van der Waals surface area contributed by atoms with Gasteiger partial charge in [-0.2, -0.15) is 0 Å². The van der Waals surface area contributed by atoms with Gasteiger partial charge in [-0.3, -0.25) is 14.2 Å². The Bertz CT molecular complexity index is 647. The number of carbonyl (C=O) groups is 1. The van der Waals surface area contributed by atoms with Crippen LogP contribution in [0.25, 0.3) is 0 Å². The topological polar surface area (TPSA) is 85.3 Å². The first-order valence-electron chi connectivity index (χ1n) is 5.82. The van der Waals surface area contributed by atoms with E-state index >= 15 is 0 Å². The number of rotatable bonds is 4. The van der Waals surface area contributed by atoms with Crippen molar-refractivity contribution >= 4 is 11.7 Å². The third-order valence-electron chi connectivity index (χ3n) is 2.82. The van der Waals surface area contributed by atoms with E-state index in [-0.39, 0.29) is 12.2 Å². The zero-order chi connectivity index (χ0) is 13.8. The maximum Gasteiger partial charge on any atom is 0.323 e. The number of aliphatic carboxylic acids is 1. The van der Waals surface area contributed by atoms with E-state index in [4.69, 9.17) is 10.8 Å². The Kier molecular flexibility index (Phi) is 3.66. The van der Waals surface area contributed by atoms with Gasteiger partial charge in [-0.25, -0.2) is 0 Å². The third-order valence-corrected chi connectivity index (χ3v) is 2.82. The summed E-state index contributed by atoms with van der Waals surface area (Å²) in [6.07, 6.45) is 0.490. The van der Waals surface area contributed by atoms with Crippen LogP contribution in [0.4, 0.5) is 5.69 Å². The van der Waals surface area contributed by atoms with Crippen LogP contribution >= 0.6 is 0 Å². The Labute approximate surface area is 109 Å². The van der Waals surface area contributed by atoms with E-state index in [0.717, 1.165) is 5.56 Å². The highest BCUT2D eigenvalue weighted by Gasteiger charge is 2.10. The summed E-state index contributed by atoms with van der Waals surface area (Å²) in [7, 11) is 0. The molecule has 0 atom stereocenters. The van der Waals surface area contributed by atoms with E-state index in [0.29, 0.717) is 12.1 Å². The first kappa shape index (κ1) is 12.9. The highest BCUT2D eigenvalue weighted by molar-refractivity contribution is 5.66. The molecule has 1 heterocycles. The lowest BCUT2D eigenvalue weighted by molar-refractivity contribution is -0.137. The van der Waals surface area contributed by atoms with E-state index in [1.807, 2.05) is 30.3 Å². The summed E-state index contributed by atoms with van der Waals surface area (Å²) in [5.41, 5.74) is 6.76. The molecule has 0 unspecified atom stereocenters. The number of pyridine rings is 1. The van der Waals surface area contributed by atoms with Crippen LogP contribution in [0.5, 0.6) is 0 Å². The first-order valence-corrected chi connectivity index (χ1v) is 5.82. The molecule has 0 bridgehead atoms. The number of hydrogen-bond donors (Lipinski definition) is 2. The fraction of sp³-hybridized carbons (Fsp3) is 0.143. The number of benzene rings is 1. The number of carboxylic acid groups (broad SMARTS) is 1. The van der Waals surface area contributed by atoms with Gasteiger partial charge in [0, 0.05) is 12.1 Å². The quantitative estimate of drug-likeness (QED) is 0.860. The molecule has 5 heteroatoms. The molecule has 0 aliphatic rings. The van der Waals surface area contributed by atoms with Gasteiger partial charge in [-0.05, 0) is 17.7 Å². The van der Waals surface area contributed by atoms with Gasteiger partial charge in [0.15, 0.2) is 0 Å². The van der Waals surface area contributed by atoms with Crippen LogP contribution in [0.2, 0.25) is 0 Å². The maximum absolute atomic E-state index is 11.9. The van der Waals surface area contributed by atoms with Crippen LogP contribution in [0.15, 0.2) is 47.3 Å². The van der Waals surface area contributed by atoms with Crippen molar-refractivity contribution in [3.05, 3.63) is 64.1 Å². The standard InChI is InChI=1S/C14H14N2O3/c15-12-7-6-11(8-10-4-2-1-3-5-10)16(14(12)19)9-13(17)18/h1-7H,8-9,15H2,(H,17,18). The lowest BCUT2D eigenvalue weighted by atomic mass is 10.1. The van der Waals surface area contributed by atoms with Gasteiger partial charge in [0.25, 0.3) is 5.56 Å². The Hall–Kier alpha value is -2.56. The molecule has 2 rings (SSSR count). The number of hydrogen-bond acceptors (Lipinski definition) is 3. The molecule has 1 aromatic carbocycles. The fourth-order valence-electron chi connectivity index (χ4n) is 1.90. The largest absolute Gasteiger partial charge is 0.480 e. The number of anilines is 1. The smallest absolute Gasteiger partial charge is 0.323 e. The molecule has 0 spiro atoms. The van der Waals surface area contributed by atoms with Crippen molar-refractivity contribution in [3.8, 4) is 0 Å². The van der Waals surface area contributed by atoms with E-state index in [1.165, 1.54) is 10.6 Å². The highest BCUT2D eigenvalue weighted by atomic mass is 16.4. The van der Waals surface area contributed by atoms with Gasteiger partial charge in [0.2, 0.25) is 0 Å². The minimum Gasteiger partial charge on any atom is -0.480 e. The molecule has 0 fully saturated rings.